The smallest absolute Gasteiger partial charge is 0.274 e. The first-order valence-corrected chi connectivity index (χ1v) is 12.5. The Hall–Kier alpha value is -2.87. The van der Waals surface area contributed by atoms with Gasteiger partial charge in [0.15, 0.2) is 5.69 Å². The zero-order chi connectivity index (χ0) is 24.4. The number of carbonyl (C=O) groups excluding carboxylic acids is 1. The summed E-state index contributed by atoms with van der Waals surface area (Å²) in [5.41, 5.74) is 4.83. The first-order valence-electron chi connectivity index (χ1n) is 12.2. The van der Waals surface area contributed by atoms with Crippen LogP contribution < -0.4 is 4.74 Å². The summed E-state index contributed by atoms with van der Waals surface area (Å²) in [4.78, 5) is 17.7. The fourth-order valence-corrected chi connectivity index (χ4v) is 5.32. The van der Waals surface area contributed by atoms with Crippen LogP contribution in [0.4, 0.5) is 0 Å². The molecular weight excluding hydrogens is 464 g/mol. The normalized spacial score (nSPS) is 18.4. The number of piperidine rings is 1. The Labute approximate surface area is 210 Å². The van der Waals surface area contributed by atoms with Crippen molar-refractivity contribution < 1.29 is 14.6 Å². The second-order valence-corrected chi connectivity index (χ2v) is 9.86. The van der Waals surface area contributed by atoms with Crippen LogP contribution in [0.15, 0.2) is 48.5 Å². The van der Waals surface area contributed by atoms with Crippen molar-refractivity contribution in [2.45, 2.75) is 45.0 Å². The number of aromatic nitrogens is 2. The lowest BCUT2D eigenvalue weighted by molar-refractivity contribution is 0.0466. The highest BCUT2D eigenvalue weighted by Crippen LogP contribution is 2.27. The van der Waals surface area contributed by atoms with Gasteiger partial charge < -0.3 is 14.7 Å². The van der Waals surface area contributed by atoms with Crippen molar-refractivity contribution in [1.82, 2.24) is 19.6 Å². The topological polar surface area (TPSA) is 70.8 Å². The number of methoxy groups -OCH3 is 1. The van der Waals surface area contributed by atoms with Crippen molar-refractivity contribution in [3.8, 4) is 5.75 Å². The molecule has 1 N–H and O–H groups in total. The van der Waals surface area contributed by atoms with Crippen molar-refractivity contribution in [3.63, 3.8) is 0 Å². The van der Waals surface area contributed by atoms with Gasteiger partial charge in [-0.25, -0.2) is 0 Å². The van der Waals surface area contributed by atoms with Gasteiger partial charge in [0.25, 0.3) is 5.91 Å². The Bertz CT molecular complexity index is 1210. The van der Waals surface area contributed by atoms with E-state index in [9.17, 15) is 9.90 Å². The molecule has 3 aromatic rings. The molecule has 1 atom stereocenters. The fraction of sp³-hybridized carbons (Fsp3) is 0.407. The molecule has 0 saturated carbocycles. The molecule has 0 spiro atoms. The van der Waals surface area contributed by atoms with Crippen LogP contribution >= 0.6 is 11.6 Å². The highest BCUT2D eigenvalue weighted by atomic mass is 35.5. The highest BCUT2D eigenvalue weighted by Gasteiger charge is 2.32. The van der Waals surface area contributed by atoms with Crippen LogP contribution in [0.5, 0.6) is 5.75 Å². The molecule has 0 radical (unpaired) electrons. The molecule has 0 bridgehead atoms. The zero-order valence-corrected chi connectivity index (χ0v) is 20.7. The second kappa shape index (κ2) is 10.4. The lowest BCUT2D eigenvalue weighted by atomic mass is 10.0. The molecule has 7 nitrogen and oxygen atoms in total. The molecule has 8 heteroatoms. The summed E-state index contributed by atoms with van der Waals surface area (Å²) in [6, 6.07) is 15.9. The summed E-state index contributed by atoms with van der Waals surface area (Å²) in [6.45, 7) is 3.87. The summed E-state index contributed by atoms with van der Waals surface area (Å²) in [5, 5.41) is 15.7. The van der Waals surface area contributed by atoms with Crippen molar-refractivity contribution >= 4 is 17.5 Å². The third-order valence-electron chi connectivity index (χ3n) is 6.86. The highest BCUT2D eigenvalue weighted by molar-refractivity contribution is 6.30. The van der Waals surface area contributed by atoms with Gasteiger partial charge in [-0.15, -0.1) is 0 Å². The number of nitrogens with zero attached hydrogens (tertiary/aromatic N) is 4. The molecule has 35 heavy (non-hydrogen) atoms. The maximum Gasteiger partial charge on any atom is 0.274 e. The number of hydrogen-bond donors (Lipinski definition) is 1. The molecule has 2 aliphatic rings. The molecule has 3 heterocycles. The van der Waals surface area contributed by atoms with Crippen molar-refractivity contribution in [3.05, 3.63) is 81.6 Å². The predicted octanol–water partition coefficient (Wildman–Crippen LogP) is 3.75. The minimum atomic E-state index is -0.471. The molecule has 1 fully saturated rings. The van der Waals surface area contributed by atoms with E-state index in [1.165, 1.54) is 0 Å². The maximum absolute atomic E-state index is 13.6. The second-order valence-electron chi connectivity index (χ2n) is 9.42. The maximum atomic E-state index is 13.6. The molecule has 1 saturated heterocycles. The van der Waals surface area contributed by atoms with E-state index < -0.39 is 6.10 Å². The Kier molecular flexibility index (Phi) is 7.09. The SMILES string of the molecule is COc1cccc(Cn2nc(C(=O)N3CCCC(O)C3)c3c2CCN(Cc2cccc(Cl)c2)C3)c1. The minimum absolute atomic E-state index is 0.0889. The van der Waals surface area contributed by atoms with Gasteiger partial charge in [0, 0.05) is 55.4 Å². The zero-order valence-electron chi connectivity index (χ0n) is 20.0. The number of likely N-dealkylation sites (tertiary alicyclic amines) is 1. The number of ether oxygens (including phenoxy) is 1. The minimum Gasteiger partial charge on any atom is -0.497 e. The molecule has 0 aliphatic carbocycles. The average Bonchev–Trinajstić information content (AvgIpc) is 3.21. The number of aliphatic hydroxyl groups is 1. The average molecular weight is 495 g/mol. The van der Waals surface area contributed by atoms with E-state index in [1.54, 1.807) is 12.0 Å². The molecular formula is C27H31ClN4O3. The van der Waals surface area contributed by atoms with Crippen LogP contribution in [-0.4, -0.2) is 63.4 Å². The number of halogens is 1. The lowest BCUT2D eigenvalue weighted by Crippen LogP contribution is -2.43. The van der Waals surface area contributed by atoms with Gasteiger partial charge in [-0.3, -0.25) is 14.4 Å². The van der Waals surface area contributed by atoms with E-state index in [0.717, 1.165) is 65.5 Å². The van der Waals surface area contributed by atoms with Crippen LogP contribution in [-0.2, 0) is 26.1 Å². The number of carbonyl (C=O) groups is 1. The van der Waals surface area contributed by atoms with Crippen LogP contribution in [0, 0.1) is 0 Å². The predicted molar refractivity (Wildman–Crippen MR) is 135 cm³/mol. The van der Waals surface area contributed by atoms with Crippen LogP contribution in [0.25, 0.3) is 0 Å². The monoisotopic (exact) mass is 494 g/mol. The Balaban J connectivity index is 1.45. The van der Waals surface area contributed by atoms with E-state index in [-0.39, 0.29) is 5.91 Å². The molecule has 1 aromatic heterocycles. The summed E-state index contributed by atoms with van der Waals surface area (Å²) < 4.78 is 7.37. The Morgan fingerprint density at radius 1 is 1.14 bits per heavy atom. The third kappa shape index (κ3) is 5.37. The number of benzene rings is 2. The van der Waals surface area contributed by atoms with Crippen LogP contribution in [0.3, 0.4) is 0 Å². The van der Waals surface area contributed by atoms with Gasteiger partial charge in [-0.05, 0) is 48.2 Å². The molecule has 2 aromatic carbocycles. The van der Waals surface area contributed by atoms with E-state index >= 15 is 0 Å². The van der Waals surface area contributed by atoms with Gasteiger partial charge in [-0.1, -0.05) is 35.9 Å². The van der Waals surface area contributed by atoms with Crippen molar-refractivity contribution in [2.24, 2.45) is 0 Å². The number of β-amino-alcohol motifs (C(OH)–C–C–N with tert-alkyl or cyclic N) is 1. The van der Waals surface area contributed by atoms with Gasteiger partial charge in [0.05, 0.1) is 19.8 Å². The molecule has 1 unspecified atom stereocenters. The van der Waals surface area contributed by atoms with E-state index in [4.69, 9.17) is 21.4 Å². The molecule has 1 amide bonds. The molecule has 5 rings (SSSR count). The fourth-order valence-electron chi connectivity index (χ4n) is 5.11. The number of fused-ring (bicyclic) bond motifs is 1. The van der Waals surface area contributed by atoms with E-state index in [0.29, 0.717) is 31.9 Å². The van der Waals surface area contributed by atoms with E-state index in [1.807, 2.05) is 47.1 Å². The summed E-state index contributed by atoms with van der Waals surface area (Å²) >= 11 is 6.20. The summed E-state index contributed by atoms with van der Waals surface area (Å²) in [7, 11) is 1.66. The quantitative estimate of drug-likeness (QED) is 0.565. The number of rotatable bonds is 6. The van der Waals surface area contributed by atoms with Gasteiger partial charge >= 0.3 is 0 Å². The van der Waals surface area contributed by atoms with Crippen molar-refractivity contribution in [1.29, 1.82) is 0 Å². The number of aliphatic hydroxyl groups excluding tert-OH is 1. The van der Waals surface area contributed by atoms with Crippen LogP contribution in [0.2, 0.25) is 5.02 Å². The standard InChI is InChI=1S/C27H31ClN4O3/c1-35-23-9-3-6-20(14-23)16-32-25-10-12-30(15-19-5-2-7-21(28)13-19)18-24(25)26(29-32)27(34)31-11-4-8-22(33)17-31/h2-3,5-7,9,13-14,22,33H,4,8,10-12,15-18H2,1H3. The third-order valence-corrected chi connectivity index (χ3v) is 7.10. The van der Waals surface area contributed by atoms with Crippen molar-refractivity contribution in [2.75, 3.05) is 26.7 Å². The molecule has 184 valence electrons. The number of amides is 1. The van der Waals surface area contributed by atoms with Crippen LogP contribution in [0.1, 0.15) is 45.7 Å². The first kappa shape index (κ1) is 23.9. The van der Waals surface area contributed by atoms with Gasteiger partial charge in [-0.2, -0.15) is 5.10 Å². The Morgan fingerprint density at radius 3 is 2.71 bits per heavy atom. The first-order chi connectivity index (χ1) is 17.0. The van der Waals surface area contributed by atoms with Gasteiger partial charge in [0.2, 0.25) is 0 Å². The number of hydrogen-bond acceptors (Lipinski definition) is 5. The summed E-state index contributed by atoms with van der Waals surface area (Å²) in [5.74, 6) is 0.712. The Morgan fingerprint density at radius 2 is 1.94 bits per heavy atom. The van der Waals surface area contributed by atoms with Gasteiger partial charge in [0.1, 0.15) is 5.75 Å². The molecule has 2 aliphatic heterocycles. The largest absolute Gasteiger partial charge is 0.497 e. The lowest BCUT2D eigenvalue weighted by Gasteiger charge is -2.31. The summed E-state index contributed by atoms with van der Waals surface area (Å²) in [6.07, 6.45) is 1.88. The van der Waals surface area contributed by atoms with E-state index in [2.05, 4.69) is 11.0 Å².